The SMILES string of the molecule is C=O.CN(C)C(=N)c1ccc(Nc2ccccc2C(=O)Nc2ccc(C(F)(F)F)cc2)c(F)c1. The van der Waals surface area contributed by atoms with Crippen molar-refractivity contribution >= 4 is 35.6 Å². The summed E-state index contributed by atoms with van der Waals surface area (Å²) in [6.07, 6.45) is -4.47. The molecule has 0 aliphatic rings. The van der Waals surface area contributed by atoms with E-state index in [0.717, 1.165) is 24.3 Å². The second kappa shape index (κ2) is 11.1. The molecule has 3 N–H and O–H groups in total. The van der Waals surface area contributed by atoms with Crippen LogP contribution in [0.25, 0.3) is 0 Å². The molecule has 10 heteroatoms. The molecule has 0 fully saturated rings. The van der Waals surface area contributed by atoms with E-state index in [1.165, 1.54) is 18.2 Å². The van der Waals surface area contributed by atoms with E-state index < -0.39 is 23.5 Å². The van der Waals surface area contributed by atoms with Crippen LogP contribution in [0, 0.1) is 11.2 Å². The maximum atomic E-state index is 14.6. The predicted octanol–water partition coefficient (Wildman–Crippen LogP) is 5.54. The second-order valence-corrected chi connectivity index (χ2v) is 7.14. The zero-order valence-electron chi connectivity index (χ0n) is 18.3. The molecule has 0 spiro atoms. The molecular formula is C24H22F4N4O2. The Labute approximate surface area is 193 Å². The van der Waals surface area contributed by atoms with Gasteiger partial charge in [0.1, 0.15) is 18.4 Å². The van der Waals surface area contributed by atoms with Gasteiger partial charge in [-0.3, -0.25) is 10.2 Å². The standard InChI is InChI=1S/C23H20F4N4O.CH2O/c1-31(2)21(28)14-7-12-20(18(24)13-14)30-19-6-4-3-5-17(19)22(32)29-16-10-8-15(9-11-16)23(25,26)27;1-2/h3-13,28,30H,1-2H3,(H,29,32);1H2. The number of alkyl halides is 3. The van der Waals surface area contributed by atoms with Gasteiger partial charge in [-0.25, -0.2) is 4.39 Å². The molecule has 0 aliphatic carbocycles. The van der Waals surface area contributed by atoms with Gasteiger partial charge in [0.2, 0.25) is 0 Å². The van der Waals surface area contributed by atoms with Crippen LogP contribution in [-0.2, 0) is 11.0 Å². The molecular weight excluding hydrogens is 452 g/mol. The van der Waals surface area contributed by atoms with Gasteiger partial charge in [-0.05, 0) is 54.6 Å². The van der Waals surface area contributed by atoms with E-state index in [9.17, 15) is 22.4 Å². The number of hydrogen-bond acceptors (Lipinski definition) is 4. The Kier molecular flexibility index (Phi) is 8.49. The number of amides is 1. The Morgan fingerprint density at radius 2 is 1.56 bits per heavy atom. The van der Waals surface area contributed by atoms with Gasteiger partial charge in [0.05, 0.1) is 22.5 Å². The van der Waals surface area contributed by atoms with Gasteiger partial charge in [-0.1, -0.05) is 12.1 Å². The molecule has 0 bridgehead atoms. The molecule has 0 saturated carbocycles. The molecule has 34 heavy (non-hydrogen) atoms. The van der Waals surface area contributed by atoms with E-state index in [4.69, 9.17) is 10.2 Å². The summed E-state index contributed by atoms with van der Waals surface area (Å²) in [5.41, 5.74) is 0.360. The molecule has 6 nitrogen and oxygen atoms in total. The number of benzene rings is 3. The molecule has 0 heterocycles. The Morgan fingerprint density at radius 3 is 2.12 bits per heavy atom. The number of rotatable bonds is 5. The first-order chi connectivity index (χ1) is 16.1. The molecule has 3 rings (SSSR count). The molecule has 0 unspecified atom stereocenters. The first-order valence-electron chi connectivity index (χ1n) is 9.75. The van der Waals surface area contributed by atoms with Crippen molar-refractivity contribution in [3.05, 3.63) is 89.2 Å². The number of para-hydroxylation sites is 1. The summed E-state index contributed by atoms with van der Waals surface area (Å²) in [6, 6.07) is 14.7. The van der Waals surface area contributed by atoms with E-state index in [1.54, 1.807) is 43.3 Å². The first-order valence-corrected chi connectivity index (χ1v) is 9.75. The highest BCUT2D eigenvalue weighted by Crippen LogP contribution is 2.30. The second-order valence-electron chi connectivity index (χ2n) is 7.14. The predicted molar refractivity (Wildman–Crippen MR) is 123 cm³/mol. The minimum Gasteiger partial charge on any atom is -0.363 e. The largest absolute Gasteiger partial charge is 0.416 e. The van der Waals surface area contributed by atoms with E-state index >= 15 is 0 Å². The molecule has 178 valence electrons. The van der Waals surface area contributed by atoms with Crippen molar-refractivity contribution < 1.29 is 27.2 Å². The van der Waals surface area contributed by atoms with Crippen LogP contribution in [0.4, 0.5) is 34.6 Å². The van der Waals surface area contributed by atoms with Gasteiger partial charge < -0.3 is 20.3 Å². The summed E-state index contributed by atoms with van der Waals surface area (Å²) < 4.78 is 52.7. The van der Waals surface area contributed by atoms with Crippen LogP contribution in [0.3, 0.4) is 0 Å². The van der Waals surface area contributed by atoms with Crippen molar-refractivity contribution in [2.24, 2.45) is 0 Å². The fourth-order valence-electron chi connectivity index (χ4n) is 2.90. The zero-order chi connectivity index (χ0) is 25.5. The fraction of sp³-hybridized carbons (Fsp3) is 0.125. The van der Waals surface area contributed by atoms with Gasteiger partial charge >= 0.3 is 6.18 Å². The van der Waals surface area contributed by atoms with Gasteiger partial charge in [-0.2, -0.15) is 13.2 Å². The van der Waals surface area contributed by atoms with Crippen LogP contribution in [0.5, 0.6) is 0 Å². The third-order valence-corrected chi connectivity index (χ3v) is 4.60. The normalized spacial score (nSPS) is 10.5. The van der Waals surface area contributed by atoms with Crippen LogP contribution >= 0.6 is 0 Å². The maximum Gasteiger partial charge on any atom is 0.416 e. The number of carbonyl (C=O) groups is 2. The zero-order valence-corrected chi connectivity index (χ0v) is 18.3. The smallest absolute Gasteiger partial charge is 0.363 e. The number of anilines is 3. The Hall–Kier alpha value is -4.21. The van der Waals surface area contributed by atoms with Gasteiger partial charge in [-0.15, -0.1) is 0 Å². The maximum absolute atomic E-state index is 14.6. The lowest BCUT2D eigenvalue weighted by molar-refractivity contribution is -0.137. The Morgan fingerprint density at radius 1 is 0.941 bits per heavy atom. The molecule has 0 aromatic heterocycles. The highest BCUT2D eigenvalue weighted by atomic mass is 19.4. The van der Waals surface area contributed by atoms with E-state index in [2.05, 4.69) is 10.6 Å². The van der Waals surface area contributed by atoms with Crippen molar-refractivity contribution in [1.29, 1.82) is 5.41 Å². The average Bonchev–Trinajstić information content (AvgIpc) is 2.81. The topological polar surface area (TPSA) is 85.3 Å². The van der Waals surface area contributed by atoms with Crippen LogP contribution in [-0.4, -0.2) is 37.5 Å². The van der Waals surface area contributed by atoms with Crippen molar-refractivity contribution in [2.45, 2.75) is 6.18 Å². The third-order valence-electron chi connectivity index (χ3n) is 4.60. The molecule has 0 atom stereocenters. The molecule has 0 saturated heterocycles. The number of amidine groups is 1. The van der Waals surface area contributed by atoms with Crippen molar-refractivity contribution in [3.8, 4) is 0 Å². The van der Waals surface area contributed by atoms with Crippen LogP contribution < -0.4 is 10.6 Å². The van der Waals surface area contributed by atoms with Crippen LogP contribution in [0.2, 0.25) is 0 Å². The summed E-state index contributed by atoms with van der Waals surface area (Å²) >= 11 is 0. The monoisotopic (exact) mass is 474 g/mol. The number of nitrogens with zero attached hydrogens (tertiary/aromatic N) is 1. The highest BCUT2D eigenvalue weighted by Gasteiger charge is 2.30. The molecule has 1 amide bonds. The Bertz CT molecular complexity index is 1160. The number of hydrogen-bond donors (Lipinski definition) is 3. The van der Waals surface area contributed by atoms with Crippen molar-refractivity contribution in [2.75, 3.05) is 24.7 Å². The lowest BCUT2D eigenvalue weighted by Gasteiger charge is -2.16. The summed E-state index contributed by atoms with van der Waals surface area (Å²) in [6.45, 7) is 2.00. The average molecular weight is 474 g/mol. The lowest BCUT2D eigenvalue weighted by atomic mass is 10.1. The number of nitrogens with one attached hydrogen (secondary N) is 3. The van der Waals surface area contributed by atoms with E-state index in [0.29, 0.717) is 11.3 Å². The fourth-order valence-corrected chi connectivity index (χ4v) is 2.90. The minimum atomic E-state index is -4.47. The highest BCUT2D eigenvalue weighted by molar-refractivity contribution is 6.08. The van der Waals surface area contributed by atoms with Gasteiger partial charge in [0.25, 0.3) is 5.91 Å². The number of halogens is 4. The van der Waals surface area contributed by atoms with E-state index in [1.807, 2.05) is 6.79 Å². The summed E-state index contributed by atoms with van der Waals surface area (Å²) in [5, 5.41) is 13.3. The minimum absolute atomic E-state index is 0.107. The molecule has 0 radical (unpaired) electrons. The van der Waals surface area contributed by atoms with Crippen molar-refractivity contribution in [1.82, 2.24) is 4.90 Å². The molecule has 3 aromatic rings. The van der Waals surface area contributed by atoms with Gasteiger partial charge in [0, 0.05) is 25.3 Å². The summed E-state index contributed by atoms with van der Waals surface area (Å²) in [5.74, 6) is -1.03. The third kappa shape index (κ3) is 6.41. The van der Waals surface area contributed by atoms with Crippen LogP contribution in [0.15, 0.2) is 66.7 Å². The molecule has 3 aromatic carbocycles. The summed E-state index contributed by atoms with van der Waals surface area (Å²) in [4.78, 5) is 22.3. The Balaban J connectivity index is 0.00000199. The van der Waals surface area contributed by atoms with E-state index in [-0.39, 0.29) is 22.8 Å². The van der Waals surface area contributed by atoms with Gasteiger partial charge in [0.15, 0.2) is 0 Å². The van der Waals surface area contributed by atoms with Crippen LogP contribution in [0.1, 0.15) is 21.5 Å². The lowest BCUT2D eigenvalue weighted by Crippen LogP contribution is -2.21. The van der Waals surface area contributed by atoms with Crippen molar-refractivity contribution in [3.63, 3.8) is 0 Å². The molecule has 0 aliphatic heterocycles. The number of carbonyl (C=O) groups excluding carboxylic acids is 2. The first kappa shape index (κ1) is 26.0. The summed E-state index contributed by atoms with van der Waals surface area (Å²) in [7, 11) is 3.36. The quantitative estimate of drug-likeness (QED) is 0.257.